The van der Waals surface area contributed by atoms with Gasteiger partial charge in [-0.25, -0.2) is 4.99 Å². The Kier molecular flexibility index (Phi) is 3.24. The van der Waals surface area contributed by atoms with Crippen molar-refractivity contribution in [2.24, 2.45) is 4.99 Å². The number of halogens is 1. The molecular weight excluding hydrogens is 274 g/mol. The predicted molar refractivity (Wildman–Crippen MR) is 83.1 cm³/mol. The molecule has 102 valence electrons. The van der Waals surface area contributed by atoms with E-state index in [0.717, 1.165) is 17.2 Å². The number of nitrogens with zero attached hydrogens (tertiary/aromatic N) is 1. The summed E-state index contributed by atoms with van der Waals surface area (Å²) < 4.78 is 5.82. The minimum Gasteiger partial charge on any atom is -0.480 e. The summed E-state index contributed by atoms with van der Waals surface area (Å²) in [5.41, 5.74) is 8.05. The maximum Gasteiger partial charge on any atom is 0.153 e. The van der Waals surface area contributed by atoms with Crippen LogP contribution in [0.3, 0.4) is 0 Å². The number of ether oxygens (including phenoxy) is 1. The molecule has 0 aliphatic carbocycles. The average molecular weight is 288 g/mol. The molecule has 2 aromatic carbocycles. The predicted octanol–water partition coefficient (Wildman–Crippen LogP) is 3.85. The first-order valence-electron chi connectivity index (χ1n) is 6.29. The zero-order chi connectivity index (χ0) is 14.1. The molecule has 1 heterocycles. The van der Waals surface area contributed by atoms with Crippen molar-refractivity contribution in [3.63, 3.8) is 0 Å². The molecule has 0 saturated carbocycles. The second kappa shape index (κ2) is 5.06. The Hall–Kier alpha value is -2.20. The van der Waals surface area contributed by atoms with E-state index in [1.54, 1.807) is 12.1 Å². The molecule has 3 N–H and O–H groups in total. The minimum absolute atomic E-state index is 0.178. The van der Waals surface area contributed by atoms with Gasteiger partial charge in [0.05, 0.1) is 0 Å². The quantitative estimate of drug-likeness (QED) is 0.783. The molecule has 4 nitrogen and oxygen atoms in total. The van der Waals surface area contributed by atoms with Gasteiger partial charge in [-0.2, -0.15) is 0 Å². The number of hydrogen-bond donors (Lipinski definition) is 2. The maximum atomic E-state index is 5.97. The van der Waals surface area contributed by atoms with Crippen LogP contribution in [0.4, 0.5) is 17.1 Å². The summed E-state index contributed by atoms with van der Waals surface area (Å²) in [6.07, 6.45) is -0.178. The molecule has 0 amide bonds. The molecule has 1 aliphatic rings. The molecule has 1 atom stereocenters. The average Bonchev–Trinajstić information content (AvgIpc) is 2.40. The van der Waals surface area contributed by atoms with Gasteiger partial charge in [-0.3, -0.25) is 0 Å². The Morgan fingerprint density at radius 1 is 1.25 bits per heavy atom. The summed E-state index contributed by atoms with van der Waals surface area (Å²) in [5.74, 6) is 1.44. The van der Waals surface area contributed by atoms with Crippen LogP contribution >= 0.6 is 11.6 Å². The third kappa shape index (κ3) is 2.56. The zero-order valence-electron chi connectivity index (χ0n) is 10.9. The number of rotatable bonds is 1. The van der Waals surface area contributed by atoms with E-state index in [0.29, 0.717) is 16.5 Å². The highest BCUT2D eigenvalue weighted by Crippen LogP contribution is 2.34. The summed E-state index contributed by atoms with van der Waals surface area (Å²) in [7, 11) is 0. The number of hydrogen-bond acceptors (Lipinski definition) is 4. The first-order valence-corrected chi connectivity index (χ1v) is 6.67. The number of nitrogens with two attached hydrogens (primary N) is 1. The summed E-state index contributed by atoms with van der Waals surface area (Å²) in [5, 5.41) is 3.91. The molecule has 0 bridgehead atoms. The molecule has 2 aromatic rings. The van der Waals surface area contributed by atoms with Gasteiger partial charge in [-0.1, -0.05) is 17.7 Å². The Bertz CT molecular complexity index is 685. The van der Waals surface area contributed by atoms with Crippen LogP contribution in [0.2, 0.25) is 5.02 Å². The molecule has 0 aromatic heterocycles. The number of fused-ring (bicyclic) bond motifs is 1. The van der Waals surface area contributed by atoms with E-state index in [2.05, 4.69) is 10.3 Å². The summed E-state index contributed by atoms with van der Waals surface area (Å²) in [6.45, 7) is 1.93. The second-order valence-corrected chi connectivity index (χ2v) is 5.06. The minimum atomic E-state index is -0.178. The smallest absolute Gasteiger partial charge is 0.153 e. The highest BCUT2D eigenvalue weighted by molar-refractivity contribution is 6.30. The van der Waals surface area contributed by atoms with Gasteiger partial charge in [-0.15, -0.1) is 0 Å². The fraction of sp³-hybridized carbons (Fsp3) is 0.133. The Morgan fingerprint density at radius 2 is 2.10 bits per heavy atom. The van der Waals surface area contributed by atoms with Gasteiger partial charge >= 0.3 is 0 Å². The third-order valence-corrected chi connectivity index (χ3v) is 3.25. The van der Waals surface area contributed by atoms with Crippen LogP contribution in [0.1, 0.15) is 6.92 Å². The fourth-order valence-corrected chi connectivity index (χ4v) is 2.22. The van der Waals surface area contributed by atoms with Gasteiger partial charge < -0.3 is 15.8 Å². The van der Waals surface area contributed by atoms with Crippen LogP contribution in [0.5, 0.6) is 5.75 Å². The van der Waals surface area contributed by atoms with E-state index in [4.69, 9.17) is 22.1 Å². The topological polar surface area (TPSA) is 59.6 Å². The van der Waals surface area contributed by atoms with E-state index in [1.807, 2.05) is 37.3 Å². The van der Waals surface area contributed by atoms with E-state index in [-0.39, 0.29) is 6.10 Å². The van der Waals surface area contributed by atoms with Crippen molar-refractivity contribution in [2.75, 3.05) is 11.1 Å². The van der Waals surface area contributed by atoms with E-state index in [9.17, 15) is 0 Å². The molecule has 0 radical (unpaired) electrons. The highest BCUT2D eigenvalue weighted by Gasteiger charge is 2.20. The Morgan fingerprint density at radius 3 is 2.90 bits per heavy atom. The first-order chi connectivity index (χ1) is 9.61. The molecule has 1 aliphatic heterocycles. The summed E-state index contributed by atoms with van der Waals surface area (Å²) >= 11 is 5.97. The lowest BCUT2D eigenvalue weighted by Crippen LogP contribution is -2.32. The molecule has 0 spiro atoms. The molecule has 20 heavy (non-hydrogen) atoms. The van der Waals surface area contributed by atoms with Gasteiger partial charge in [0, 0.05) is 22.5 Å². The number of nitrogens with one attached hydrogen (secondary N) is 1. The summed E-state index contributed by atoms with van der Waals surface area (Å²) in [6, 6.07) is 12.9. The zero-order valence-corrected chi connectivity index (χ0v) is 11.7. The third-order valence-electron chi connectivity index (χ3n) is 3.01. The summed E-state index contributed by atoms with van der Waals surface area (Å²) in [4.78, 5) is 4.57. The molecule has 3 rings (SSSR count). The Labute approximate surface area is 122 Å². The monoisotopic (exact) mass is 287 g/mol. The van der Waals surface area contributed by atoms with Crippen molar-refractivity contribution >= 4 is 34.5 Å². The highest BCUT2D eigenvalue weighted by atomic mass is 35.5. The van der Waals surface area contributed by atoms with Gasteiger partial charge in [0.25, 0.3) is 0 Å². The van der Waals surface area contributed by atoms with Gasteiger partial charge in [0.2, 0.25) is 0 Å². The van der Waals surface area contributed by atoms with Crippen LogP contribution < -0.4 is 15.8 Å². The van der Waals surface area contributed by atoms with Gasteiger partial charge in [0.15, 0.2) is 6.10 Å². The normalized spacial score (nSPS) is 16.9. The SMILES string of the molecule is CC1Oc2cc(N)ccc2N=C1Nc1cccc(Cl)c1. The number of nitrogen functional groups attached to an aromatic ring is 1. The lowest BCUT2D eigenvalue weighted by Gasteiger charge is -2.24. The van der Waals surface area contributed by atoms with Gasteiger partial charge in [0.1, 0.15) is 17.3 Å². The van der Waals surface area contributed by atoms with E-state index >= 15 is 0 Å². The molecule has 1 unspecified atom stereocenters. The Balaban J connectivity index is 1.91. The van der Waals surface area contributed by atoms with Crippen molar-refractivity contribution in [3.05, 3.63) is 47.5 Å². The van der Waals surface area contributed by atoms with Crippen LogP contribution in [-0.2, 0) is 0 Å². The van der Waals surface area contributed by atoms with Crippen LogP contribution in [-0.4, -0.2) is 11.9 Å². The van der Waals surface area contributed by atoms with Crippen molar-refractivity contribution in [1.29, 1.82) is 0 Å². The van der Waals surface area contributed by atoms with Crippen LogP contribution in [0.15, 0.2) is 47.5 Å². The van der Waals surface area contributed by atoms with Crippen LogP contribution in [0, 0.1) is 0 Å². The van der Waals surface area contributed by atoms with E-state index < -0.39 is 0 Å². The van der Waals surface area contributed by atoms with Crippen molar-refractivity contribution in [2.45, 2.75) is 13.0 Å². The van der Waals surface area contributed by atoms with Crippen molar-refractivity contribution < 1.29 is 4.74 Å². The second-order valence-electron chi connectivity index (χ2n) is 4.62. The van der Waals surface area contributed by atoms with Gasteiger partial charge in [-0.05, 0) is 37.3 Å². The lowest BCUT2D eigenvalue weighted by molar-refractivity contribution is 0.283. The molecule has 0 fully saturated rings. The first kappa shape index (κ1) is 12.8. The number of amidine groups is 1. The van der Waals surface area contributed by atoms with Crippen molar-refractivity contribution in [3.8, 4) is 5.75 Å². The largest absolute Gasteiger partial charge is 0.480 e. The fourth-order valence-electron chi connectivity index (χ4n) is 2.03. The molecule has 0 saturated heterocycles. The number of benzene rings is 2. The number of aliphatic imine (C=N–C) groups is 1. The number of anilines is 2. The molecule has 5 heteroatoms. The van der Waals surface area contributed by atoms with Crippen LogP contribution in [0.25, 0.3) is 0 Å². The lowest BCUT2D eigenvalue weighted by atomic mass is 10.2. The van der Waals surface area contributed by atoms with Crippen molar-refractivity contribution in [1.82, 2.24) is 0 Å². The van der Waals surface area contributed by atoms with E-state index in [1.165, 1.54) is 0 Å². The maximum absolute atomic E-state index is 5.97. The standard InChI is InChI=1S/C15H14ClN3O/c1-9-15(18-12-4-2-3-10(16)7-12)19-13-6-5-11(17)8-14(13)20-9/h2-9H,17H2,1H3,(H,18,19). The molecular formula is C15H14ClN3O.